The van der Waals surface area contributed by atoms with Crippen LogP contribution in [0.5, 0.6) is 0 Å². The predicted octanol–water partition coefficient (Wildman–Crippen LogP) is 3.00. The van der Waals surface area contributed by atoms with Crippen LogP contribution in [0.1, 0.15) is 5.69 Å². The molecule has 2 aromatic heterocycles. The number of rotatable bonds is 5. The summed E-state index contributed by atoms with van der Waals surface area (Å²) < 4.78 is 41.8. The molecule has 158 valence electrons. The number of aromatic nitrogens is 4. The molecule has 8 nitrogen and oxygen atoms in total. The van der Waals surface area contributed by atoms with E-state index in [4.69, 9.17) is 0 Å². The van der Waals surface area contributed by atoms with E-state index in [0.717, 1.165) is 21.2 Å². The molecule has 1 amide bonds. The summed E-state index contributed by atoms with van der Waals surface area (Å²) in [6.45, 7) is 1.21. The molecule has 11 heteroatoms. The molecule has 0 fully saturated rings. The van der Waals surface area contributed by atoms with Gasteiger partial charge in [0.05, 0.1) is 0 Å². The highest BCUT2D eigenvalue weighted by Gasteiger charge is 2.16. The second-order valence-corrected chi connectivity index (χ2v) is 6.69. The van der Waals surface area contributed by atoms with Crippen molar-refractivity contribution in [3.63, 3.8) is 0 Å². The van der Waals surface area contributed by atoms with Gasteiger partial charge in [-0.15, -0.1) is 5.10 Å². The third-order valence-electron chi connectivity index (χ3n) is 4.24. The maximum atomic E-state index is 13.3. The number of nitrogens with zero attached hydrogens (tertiary/aromatic N) is 4. The summed E-state index contributed by atoms with van der Waals surface area (Å²) in [4.78, 5) is 29.4. The van der Waals surface area contributed by atoms with Crippen molar-refractivity contribution in [2.75, 3.05) is 10.6 Å². The summed E-state index contributed by atoms with van der Waals surface area (Å²) in [6.07, 6.45) is 0. The molecule has 0 atom stereocenters. The molecule has 0 spiro atoms. The van der Waals surface area contributed by atoms with Gasteiger partial charge in [-0.25, -0.2) is 32.0 Å². The highest BCUT2D eigenvalue weighted by Crippen LogP contribution is 2.16. The average molecular weight is 428 g/mol. The summed E-state index contributed by atoms with van der Waals surface area (Å²) in [6, 6.07) is 9.58. The van der Waals surface area contributed by atoms with Gasteiger partial charge in [0.2, 0.25) is 11.9 Å². The third-order valence-corrected chi connectivity index (χ3v) is 4.24. The first kappa shape index (κ1) is 20.1. The lowest BCUT2D eigenvalue weighted by molar-refractivity contribution is -0.117. The first-order chi connectivity index (χ1) is 14.8. The fraction of sp³-hybridized carbons (Fsp3) is 0.100. The van der Waals surface area contributed by atoms with E-state index in [2.05, 4.69) is 20.7 Å². The lowest BCUT2D eigenvalue weighted by Gasteiger charge is -2.07. The van der Waals surface area contributed by atoms with E-state index in [0.29, 0.717) is 17.4 Å². The van der Waals surface area contributed by atoms with Gasteiger partial charge in [-0.1, -0.05) is 0 Å². The van der Waals surface area contributed by atoms with Crippen LogP contribution >= 0.6 is 0 Å². The van der Waals surface area contributed by atoms with Crippen molar-refractivity contribution < 1.29 is 18.0 Å². The van der Waals surface area contributed by atoms with Crippen molar-refractivity contribution in [3.8, 4) is 0 Å². The van der Waals surface area contributed by atoms with Crippen LogP contribution in [0.2, 0.25) is 0 Å². The molecule has 31 heavy (non-hydrogen) atoms. The zero-order chi connectivity index (χ0) is 22.1. The number of benzene rings is 2. The number of hydrogen-bond acceptors (Lipinski definition) is 5. The number of nitrogens with one attached hydrogen (secondary N) is 2. The zero-order valence-electron chi connectivity index (χ0n) is 16.1. The minimum absolute atomic E-state index is 0.0875. The smallest absolute Gasteiger partial charge is 0.325 e. The monoisotopic (exact) mass is 428 g/mol. The molecule has 2 N–H and O–H groups in total. The highest BCUT2D eigenvalue weighted by molar-refractivity contribution is 5.90. The Kier molecular flexibility index (Phi) is 5.15. The van der Waals surface area contributed by atoms with Crippen molar-refractivity contribution >= 4 is 28.9 Å². The summed E-state index contributed by atoms with van der Waals surface area (Å²) in [5.41, 5.74) is 0.523. The van der Waals surface area contributed by atoms with Gasteiger partial charge in [0.25, 0.3) is 0 Å². The SMILES string of the molecule is Cc1cc2nn(CC(=O)Nc3cc(F)cc(F)c3)c(=O)n2c(Nc2ccc(F)cc2)n1. The summed E-state index contributed by atoms with van der Waals surface area (Å²) in [7, 11) is 0. The number of amides is 1. The van der Waals surface area contributed by atoms with Crippen LogP contribution in [-0.2, 0) is 11.3 Å². The van der Waals surface area contributed by atoms with Crippen molar-refractivity contribution in [2.24, 2.45) is 0 Å². The molecule has 0 aliphatic heterocycles. The number of carbonyl (C=O) groups excluding carboxylic acids is 1. The fourth-order valence-corrected chi connectivity index (χ4v) is 2.96. The Labute approximate surface area is 173 Å². The first-order valence-electron chi connectivity index (χ1n) is 9.04. The van der Waals surface area contributed by atoms with E-state index in [1.807, 2.05) is 0 Å². The van der Waals surface area contributed by atoms with E-state index in [-0.39, 0.29) is 17.3 Å². The Morgan fingerprint density at radius 2 is 1.65 bits per heavy atom. The Hall–Kier alpha value is -4.15. The molecule has 4 rings (SSSR count). The molecule has 2 heterocycles. The largest absolute Gasteiger partial charge is 0.353 e. The normalized spacial score (nSPS) is 11.0. The first-order valence-corrected chi connectivity index (χ1v) is 9.04. The Bertz CT molecular complexity index is 1330. The van der Waals surface area contributed by atoms with Gasteiger partial charge < -0.3 is 10.6 Å². The fourth-order valence-electron chi connectivity index (χ4n) is 2.96. The Balaban J connectivity index is 1.63. The van der Waals surface area contributed by atoms with Crippen LogP contribution in [0, 0.1) is 24.4 Å². The number of fused-ring (bicyclic) bond motifs is 1. The number of anilines is 3. The molecule has 0 aliphatic rings. The van der Waals surface area contributed by atoms with Gasteiger partial charge in [-0.05, 0) is 43.3 Å². The van der Waals surface area contributed by atoms with Gasteiger partial charge in [0.15, 0.2) is 5.65 Å². The topological polar surface area (TPSA) is 93.3 Å². The van der Waals surface area contributed by atoms with Crippen molar-refractivity contribution in [1.82, 2.24) is 19.2 Å². The van der Waals surface area contributed by atoms with Crippen LogP contribution in [0.4, 0.5) is 30.5 Å². The Morgan fingerprint density at radius 3 is 2.32 bits per heavy atom. The summed E-state index contributed by atoms with van der Waals surface area (Å²) >= 11 is 0. The van der Waals surface area contributed by atoms with Gasteiger partial charge in [-0.2, -0.15) is 0 Å². The quantitative estimate of drug-likeness (QED) is 0.510. The highest BCUT2D eigenvalue weighted by atomic mass is 19.1. The van der Waals surface area contributed by atoms with Crippen LogP contribution in [0.25, 0.3) is 5.65 Å². The Morgan fingerprint density at radius 1 is 0.968 bits per heavy atom. The van der Waals surface area contributed by atoms with E-state index >= 15 is 0 Å². The number of halogens is 3. The summed E-state index contributed by atoms with van der Waals surface area (Å²) in [5, 5.41) is 9.37. The molecular formula is C20H15F3N6O2. The molecule has 2 aromatic carbocycles. The van der Waals surface area contributed by atoms with Crippen molar-refractivity contribution in [3.05, 3.63) is 82.2 Å². The van der Waals surface area contributed by atoms with E-state index < -0.39 is 35.6 Å². The molecule has 0 radical (unpaired) electrons. The molecule has 0 saturated carbocycles. The molecule has 0 unspecified atom stereocenters. The molecule has 0 saturated heterocycles. The van der Waals surface area contributed by atoms with Crippen LogP contribution in [-0.4, -0.2) is 25.1 Å². The molecule has 0 bridgehead atoms. The van der Waals surface area contributed by atoms with Crippen molar-refractivity contribution in [1.29, 1.82) is 0 Å². The van der Waals surface area contributed by atoms with E-state index in [1.54, 1.807) is 13.0 Å². The molecule has 4 aromatic rings. The minimum atomic E-state index is -0.849. The number of aryl methyl sites for hydroxylation is 1. The van der Waals surface area contributed by atoms with Crippen LogP contribution in [0.15, 0.2) is 53.3 Å². The lowest BCUT2D eigenvalue weighted by atomic mass is 10.3. The van der Waals surface area contributed by atoms with Crippen LogP contribution in [0.3, 0.4) is 0 Å². The average Bonchev–Trinajstić information content (AvgIpc) is 2.97. The lowest BCUT2D eigenvalue weighted by Crippen LogP contribution is -2.29. The van der Waals surface area contributed by atoms with Gasteiger partial charge in [0.1, 0.15) is 24.0 Å². The van der Waals surface area contributed by atoms with E-state index in [9.17, 15) is 22.8 Å². The summed E-state index contributed by atoms with van der Waals surface area (Å²) in [5.74, 6) is -2.68. The van der Waals surface area contributed by atoms with Gasteiger partial charge in [-0.3, -0.25) is 4.79 Å². The second-order valence-electron chi connectivity index (χ2n) is 6.69. The standard InChI is InChI=1S/C20H15F3N6O2/c1-11-6-17-27-28(10-18(30)25-16-8-13(22)7-14(23)9-16)20(31)29(17)19(24-11)26-15-4-2-12(21)3-5-15/h2-9H,10H2,1H3,(H,24,26)(H,25,30). The predicted molar refractivity (Wildman–Crippen MR) is 107 cm³/mol. The minimum Gasteiger partial charge on any atom is -0.325 e. The maximum absolute atomic E-state index is 13.3. The maximum Gasteiger partial charge on any atom is 0.353 e. The van der Waals surface area contributed by atoms with Crippen LogP contribution < -0.4 is 16.3 Å². The molecule has 0 aliphatic carbocycles. The zero-order valence-corrected chi connectivity index (χ0v) is 16.1. The second kappa shape index (κ2) is 7.94. The van der Waals surface area contributed by atoms with Gasteiger partial charge in [0, 0.05) is 29.2 Å². The van der Waals surface area contributed by atoms with Gasteiger partial charge >= 0.3 is 5.69 Å². The third kappa shape index (κ3) is 4.39. The molecular weight excluding hydrogens is 413 g/mol. The number of carbonyl (C=O) groups is 1. The van der Waals surface area contributed by atoms with E-state index in [1.165, 1.54) is 24.3 Å². The number of hydrogen-bond donors (Lipinski definition) is 2. The van der Waals surface area contributed by atoms with Crippen molar-refractivity contribution in [2.45, 2.75) is 13.5 Å².